The highest BCUT2D eigenvalue weighted by Gasteiger charge is 2.22. The van der Waals surface area contributed by atoms with Gasteiger partial charge in [0.1, 0.15) is 11.2 Å². The number of rotatable bonds is 7. The number of hydrogen-bond donors (Lipinski definition) is 0. The van der Waals surface area contributed by atoms with E-state index in [1.54, 1.807) is 0 Å². The lowest BCUT2D eigenvalue weighted by atomic mass is 9.95. The average Bonchev–Trinajstić information content (AvgIpc) is 3.98. The summed E-state index contributed by atoms with van der Waals surface area (Å²) in [6, 6.07) is 78.2. The number of nitrogens with zero attached hydrogens (tertiary/aromatic N) is 2. The standard InChI is InChI=1S/C66H42N2O/c1-2-16-47-42-65-59(41-46(47)15-1)66-58(22-13-27-64(66)69-65)57-21-8-10-24-61(57)67(50-35-30-43(31-36-50)48-34-39-53-49(40-48)29-28-44-14-3-4-17-52(44)53)51-37-32-45(33-38-51)54-18-5-9-23-60(54)68-62-25-11-6-19-55(62)56-20-7-12-26-63(56)68/h1-42H/i30D,31D,35D,36D. The van der Waals surface area contributed by atoms with Crippen LogP contribution in [0.1, 0.15) is 5.48 Å². The largest absolute Gasteiger partial charge is 0.456 e. The quantitative estimate of drug-likeness (QED) is 0.149. The van der Waals surface area contributed by atoms with E-state index < -0.39 is 0 Å². The Morgan fingerprint density at radius 1 is 0.348 bits per heavy atom. The Morgan fingerprint density at radius 3 is 1.72 bits per heavy atom. The zero-order chi connectivity index (χ0) is 48.9. The zero-order valence-electron chi connectivity index (χ0n) is 41.2. The Morgan fingerprint density at radius 2 is 0.942 bits per heavy atom. The Labute approximate surface area is 404 Å². The van der Waals surface area contributed by atoms with E-state index in [9.17, 15) is 5.48 Å². The molecule has 14 rings (SSSR count). The third-order valence-corrected chi connectivity index (χ3v) is 13.8. The molecular weight excluding hydrogens is 837 g/mol. The van der Waals surface area contributed by atoms with Crippen LogP contribution in [0.15, 0.2) is 259 Å². The van der Waals surface area contributed by atoms with Crippen LogP contribution >= 0.6 is 0 Å². The van der Waals surface area contributed by atoms with Crippen molar-refractivity contribution >= 4 is 93.1 Å². The van der Waals surface area contributed by atoms with Crippen LogP contribution in [0.5, 0.6) is 0 Å². The van der Waals surface area contributed by atoms with Crippen molar-refractivity contribution in [1.29, 1.82) is 0 Å². The molecule has 0 aliphatic heterocycles. The van der Waals surface area contributed by atoms with Gasteiger partial charge in [-0.05, 0) is 127 Å². The SMILES string of the molecule is [2H]c1c([2H])c(N(c2ccc(-c3ccccc3-n3c4ccccc4c4ccccc43)cc2)c2ccccc2-c2cccc3oc4cc5ccccc5cc4c23)c([2H])c([2H])c1-c1ccc2c(ccc3ccccc32)c1. The molecule has 0 saturated heterocycles. The minimum atomic E-state index is -0.149. The van der Waals surface area contributed by atoms with Crippen molar-refractivity contribution < 1.29 is 9.90 Å². The van der Waals surface area contributed by atoms with Crippen LogP contribution in [0, 0.1) is 0 Å². The van der Waals surface area contributed by atoms with Gasteiger partial charge in [0.25, 0.3) is 0 Å². The summed E-state index contributed by atoms with van der Waals surface area (Å²) in [7, 11) is 0. The minimum Gasteiger partial charge on any atom is -0.456 e. The monoisotopic (exact) mass is 882 g/mol. The van der Waals surface area contributed by atoms with Gasteiger partial charge in [-0.25, -0.2) is 0 Å². The molecule has 12 aromatic carbocycles. The van der Waals surface area contributed by atoms with E-state index in [0.717, 1.165) is 93.2 Å². The normalized spacial score (nSPS) is 12.6. The van der Waals surface area contributed by atoms with Gasteiger partial charge in [0.2, 0.25) is 0 Å². The fourth-order valence-corrected chi connectivity index (χ4v) is 10.6. The van der Waals surface area contributed by atoms with Crippen molar-refractivity contribution in [2.24, 2.45) is 0 Å². The summed E-state index contributed by atoms with van der Waals surface area (Å²) >= 11 is 0. The molecule has 0 saturated carbocycles. The van der Waals surface area contributed by atoms with Gasteiger partial charge in [-0.15, -0.1) is 0 Å². The number of fused-ring (bicyclic) bond motifs is 10. The third kappa shape index (κ3) is 6.36. The number of benzene rings is 12. The number of furan rings is 1. The van der Waals surface area contributed by atoms with Gasteiger partial charge in [0.05, 0.1) is 27.9 Å². The van der Waals surface area contributed by atoms with Gasteiger partial charge in [0, 0.05) is 44.0 Å². The number of aromatic nitrogens is 1. The van der Waals surface area contributed by atoms with Crippen LogP contribution in [-0.4, -0.2) is 4.57 Å². The van der Waals surface area contributed by atoms with Crippen LogP contribution in [0.3, 0.4) is 0 Å². The fraction of sp³-hybridized carbons (Fsp3) is 0. The molecule has 0 aliphatic carbocycles. The molecule has 2 heterocycles. The second-order valence-electron chi connectivity index (χ2n) is 17.7. The van der Waals surface area contributed by atoms with E-state index in [1.165, 1.54) is 10.8 Å². The topological polar surface area (TPSA) is 21.3 Å². The van der Waals surface area contributed by atoms with Gasteiger partial charge >= 0.3 is 0 Å². The van der Waals surface area contributed by atoms with Crippen LogP contribution in [0.2, 0.25) is 0 Å². The molecule has 0 radical (unpaired) electrons. The van der Waals surface area contributed by atoms with Crippen molar-refractivity contribution in [2.75, 3.05) is 4.90 Å². The summed E-state index contributed by atoms with van der Waals surface area (Å²) in [6.07, 6.45) is 0. The summed E-state index contributed by atoms with van der Waals surface area (Å²) in [5, 5.41) is 10.8. The maximum Gasteiger partial charge on any atom is 0.136 e. The van der Waals surface area contributed by atoms with Gasteiger partial charge in [-0.3, -0.25) is 0 Å². The molecular formula is C66H42N2O. The molecule has 69 heavy (non-hydrogen) atoms. The average molecular weight is 883 g/mol. The lowest BCUT2D eigenvalue weighted by molar-refractivity contribution is 0.669. The Kier molecular flexibility index (Phi) is 7.99. The maximum atomic E-state index is 9.96. The van der Waals surface area contributed by atoms with Crippen LogP contribution < -0.4 is 4.90 Å². The predicted molar refractivity (Wildman–Crippen MR) is 292 cm³/mol. The first kappa shape index (κ1) is 35.1. The molecule has 0 amide bonds. The third-order valence-electron chi connectivity index (χ3n) is 13.8. The van der Waals surface area contributed by atoms with Crippen molar-refractivity contribution in [3.63, 3.8) is 0 Å². The zero-order valence-corrected chi connectivity index (χ0v) is 37.2. The Bertz CT molecular complexity index is 4490. The summed E-state index contributed by atoms with van der Waals surface area (Å²) in [6.45, 7) is 0. The highest BCUT2D eigenvalue weighted by atomic mass is 16.3. The van der Waals surface area contributed by atoms with Crippen LogP contribution in [0.25, 0.3) is 115 Å². The van der Waals surface area contributed by atoms with E-state index >= 15 is 0 Å². The molecule has 0 spiro atoms. The van der Waals surface area contributed by atoms with Crippen molar-refractivity contribution in [1.82, 2.24) is 4.57 Å². The second-order valence-corrected chi connectivity index (χ2v) is 17.7. The molecule has 3 nitrogen and oxygen atoms in total. The molecule has 0 bridgehead atoms. The molecule has 3 heteroatoms. The molecule has 0 N–H and O–H groups in total. The minimum absolute atomic E-state index is 0.120. The lowest BCUT2D eigenvalue weighted by Crippen LogP contribution is -2.11. The molecule has 0 atom stereocenters. The summed E-state index contributed by atoms with van der Waals surface area (Å²) in [5.41, 5.74) is 11.0. The summed E-state index contributed by atoms with van der Waals surface area (Å²) < 4.78 is 48.3. The molecule has 14 aromatic rings. The van der Waals surface area contributed by atoms with E-state index in [-0.39, 0.29) is 35.4 Å². The van der Waals surface area contributed by atoms with E-state index in [1.807, 2.05) is 89.8 Å². The smallest absolute Gasteiger partial charge is 0.136 e. The first-order chi connectivity index (χ1) is 35.9. The van der Waals surface area contributed by atoms with Crippen molar-refractivity contribution in [3.8, 4) is 39.1 Å². The number of anilines is 3. The molecule has 0 fully saturated rings. The Balaban J connectivity index is 0.973. The summed E-state index contributed by atoms with van der Waals surface area (Å²) in [4.78, 5) is 1.91. The maximum absolute atomic E-state index is 9.96. The Hall–Kier alpha value is -9.18. The second kappa shape index (κ2) is 15.7. The van der Waals surface area contributed by atoms with Crippen molar-refractivity contribution in [2.45, 2.75) is 0 Å². The van der Waals surface area contributed by atoms with Crippen LogP contribution in [0.4, 0.5) is 17.1 Å². The van der Waals surface area contributed by atoms with E-state index in [2.05, 4.69) is 150 Å². The molecule has 322 valence electrons. The molecule has 2 aromatic heterocycles. The molecule has 0 aliphatic rings. The number of para-hydroxylation sites is 4. The fourth-order valence-electron chi connectivity index (χ4n) is 10.6. The number of hydrogen-bond acceptors (Lipinski definition) is 2. The first-order valence-electron chi connectivity index (χ1n) is 25.3. The van der Waals surface area contributed by atoms with Gasteiger partial charge in [0.15, 0.2) is 0 Å². The van der Waals surface area contributed by atoms with Gasteiger partial charge in [-0.2, -0.15) is 0 Å². The predicted octanol–water partition coefficient (Wildman–Crippen LogP) is 18.6. The first-order valence-corrected chi connectivity index (χ1v) is 23.3. The van der Waals surface area contributed by atoms with Crippen LogP contribution in [-0.2, 0) is 0 Å². The van der Waals surface area contributed by atoms with E-state index in [0.29, 0.717) is 16.9 Å². The highest BCUT2D eigenvalue weighted by molar-refractivity contribution is 6.17. The molecule has 0 unspecified atom stereocenters. The van der Waals surface area contributed by atoms with Gasteiger partial charge in [-0.1, -0.05) is 182 Å². The van der Waals surface area contributed by atoms with Gasteiger partial charge < -0.3 is 13.9 Å². The van der Waals surface area contributed by atoms with E-state index in [4.69, 9.17) is 4.42 Å². The lowest BCUT2D eigenvalue weighted by Gasteiger charge is -2.28. The summed E-state index contributed by atoms with van der Waals surface area (Å²) in [5.74, 6) is 0. The highest BCUT2D eigenvalue weighted by Crippen LogP contribution is 2.46. The van der Waals surface area contributed by atoms with Crippen molar-refractivity contribution in [3.05, 3.63) is 255 Å².